The molecule has 0 spiro atoms. The van der Waals surface area contributed by atoms with Crippen molar-refractivity contribution in [2.75, 3.05) is 0 Å². The lowest BCUT2D eigenvalue weighted by molar-refractivity contribution is 0.300. The van der Waals surface area contributed by atoms with Crippen LogP contribution in [-0.2, 0) is 6.61 Å². The third-order valence-corrected chi connectivity index (χ3v) is 3.39. The van der Waals surface area contributed by atoms with E-state index in [4.69, 9.17) is 20.8 Å². The Morgan fingerprint density at radius 3 is 2.76 bits per heavy atom. The molecule has 0 radical (unpaired) electrons. The van der Waals surface area contributed by atoms with E-state index in [1.54, 1.807) is 30.3 Å². The molecule has 106 valence electrons. The Hall–Kier alpha value is -2.33. The van der Waals surface area contributed by atoms with Crippen LogP contribution in [0.25, 0.3) is 11.0 Å². The third-order valence-electron chi connectivity index (χ3n) is 3.04. The Bertz CT molecular complexity index is 837. The van der Waals surface area contributed by atoms with Crippen LogP contribution < -0.4 is 10.4 Å². The Balaban J connectivity index is 1.87. The van der Waals surface area contributed by atoms with Gasteiger partial charge in [-0.15, -0.1) is 0 Å². The third kappa shape index (κ3) is 2.90. The number of hydrogen-bond donors (Lipinski definition) is 0. The summed E-state index contributed by atoms with van der Waals surface area (Å²) in [7, 11) is 0. The molecule has 0 atom stereocenters. The molecule has 0 bridgehead atoms. The van der Waals surface area contributed by atoms with Crippen LogP contribution in [0.15, 0.2) is 57.7 Å². The minimum Gasteiger partial charge on any atom is -0.489 e. The summed E-state index contributed by atoms with van der Waals surface area (Å²) in [5, 5.41) is 1.09. The fourth-order valence-electron chi connectivity index (χ4n) is 1.96. The smallest absolute Gasteiger partial charge is 0.336 e. The van der Waals surface area contributed by atoms with Crippen LogP contribution in [0.1, 0.15) is 5.56 Å². The van der Waals surface area contributed by atoms with E-state index in [2.05, 4.69) is 0 Å². The first-order chi connectivity index (χ1) is 10.1. The van der Waals surface area contributed by atoms with Gasteiger partial charge < -0.3 is 9.15 Å². The minimum absolute atomic E-state index is 0.00587. The predicted octanol–water partition coefficient (Wildman–Crippen LogP) is 4.16. The van der Waals surface area contributed by atoms with Gasteiger partial charge in [-0.1, -0.05) is 17.7 Å². The van der Waals surface area contributed by atoms with Crippen molar-refractivity contribution in [3.05, 3.63) is 75.4 Å². The van der Waals surface area contributed by atoms with E-state index in [1.807, 2.05) is 0 Å². The Kier molecular flexibility index (Phi) is 3.62. The summed E-state index contributed by atoms with van der Waals surface area (Å²) < 4.78 is 24.2. The molecule has 3 rings (SSSR count). The van der Waals surface area contributed by atoms with Crippen LogP contribution in [0.2, 0.25) is 5.02 Å². The van der Waals surface area contributed by atoms with Crippen molar-refractivity contribution in [3.63, 3.8) is 0 Å². The molecule has 5 heteroatoms. The largest absolute Gasteiger partial charge is 0.489 e. The Morgan fingerprint density at radius 2 is 1.95 bits per heavy atom. The first kappa shape index (κ1) is 13.6. The van der Waals surface area contributed by atoms with Crippen LogP contribution in [0, 0.1) is 5.82 Å². The van der Waals surface area contributed by atoms with Gasteiger partial charge in [-0.2, -0.15) is 0 Å². The van der Waals surface area contributed by atoms with E-state index in [-0.39, 0.29) is 12.2 Å². The standard InChI is InChI=1S/C16H10ClFO3/c17-13-2-1-3-14(18)12(13)9-20-11-6-4-10-5-7-16(19)21-15(10)8-11/h1-8H,9H2. The van der Waals surface area contributed by atoms with Crippen molar-refractivity contribution < 1.29 is 13.5 Å². The normalized spacial score (nSPS) is 10.8. The zero-order valence-electron chi connectivity index (χ0n) is 10.8. The maximum atomic E-state index is 13.6. The number of fused-ring (bicyclic) bond motifs is 1. The van der Waals surface area contributed by atoms with Crippen molar-refractivity contribution in [3.8, 4) is 5.75 Å². The fraction of sp³-hybridized carbons (Fsp3) is 0.0625. The van der Waals surface area contributed by atoms with Crippen molar-refractivity contribution in [1.29, 1.82) is 0 Å². The Morgan fingerprint density at radius 1 is 1.14 bits per heavy atom. The van der Waals surface area contributed by atoms with E-state index in [0.29, 0.717) is 16.4 Å². The summed E-state index contributed by atoms with van der Waals surface area (Å²) in [5.74, 6) is 0.0472. The van der Waals surface area contributed by atoms with E-state index in [9.17, 15) is 9.18 Å². The maximum Gasteiger partial charge on any atom is 0.336 e. The van der Waals surface area contributed by atoms with Gasteiger partial charge in [0, 0.05) is 23.1 Å². The molecule has 21 heavy (non-hydrogen) atoms. The zero-order valence-corrected chi connectivity index (χ0v) is 11.6. The Labute approximate surface area is 124 Å². The highest BCUT2D eigenvalue weighted by atomic mass is 35.5. The first-order valence-corrected chi connectivity index (χ1v) is 6.61. The number of hydrogen-bond acceptors (Lipinski definition) is 3. The van der Waals surface area contributed by atoms with E-state index >= 15 is 0 Å². The van der Waals surface area contributed by atoms with Gasteiger partial charge in [-0.25, -0.2) is 9.18 Å². The van der Waals surface area contributed by atoms with Crippen molar-refractivity contribution in [1.82, 2.24) is 0 Å². The summed E-state index contributed by atoms with van der Waals surface area (Å²) >= 11 is 5.93. The average Bonchev–Trinajstić information content (AvgIpc) is 2.46. The fourth-order valence-corrected chi connectivity index (χ4v) is 2.17. The van der Waals surface area contributed by atoms with Gasteiger partial charge in [0.05, 0.1) is 5.02 Å². The molecule has 0 aliphatic heterocycles. The van der Waals surface area contributed by atoms with Crippen LogP contribution in [0.3, 0.4) is 0 Å². The zero-order chi connectivity index (χ0) is 14.8. The van der Waals surface area contributed by atoms with E-state index in [1.165, 1.54) is 18.2 Å². The molecule has 3 aromatic rings. The minimum atomic E-state index is -0.434. The molecule has 3 nitrogen and oxygen atoms in total. The molecule has 1 heterocycles. The summed E-state index contributed by atoms with van der Waals surface area (Å²) in [6.07, 6.45) is 0. The number of ether oxygens (including phenoxy) is 1. The molecule has 0 saturated heterocycles. The number of halogens is 2. The lowest BCUT2D eigenvalue weighted by Gasteiger charge is -2.09. The van der Waals surface area contributed by atoms with Crippen molar-refractivity contribution in [2.24, 2.45) is 0 Å². The van der Waals surface area contributed by atoms with Crippen LogP contribution in [0.4, 0.5) is 4.39 Å². The molecular formula is C16H10ClFO3. The summed E-state index contributed by atoms with van der Waals surface area (Å²) in [4.78, 5) is 11.2. The van der Waals surface area contributed by atoms with Gasteiger partial charge in [0.15, 0.2) is 0 Å². The molecule has 0 aliphatic carbocycles. The quantitative estimate of drug-likeness (QED) is 0.682. The first-order valence-electron chi connectivity index (χ1n) is 6.23. The highest BCUT2D eigenvalue weighted by molar-refractivity contribution is 6.31. The number of benzene rings is 2. The van der Waals surface area contributed by atoms with Crippen molar-refractivity contribution in [2.45, 2.75) is 6.61 Å². The lowest BCUT2D eigenvalue weighted by atomic mass is 10.2. The van der Waals surface area contributed by atoms with E-state index in [0.717, 1.165) is 5.39 Å². The molecule has 0 amide bonds. The predicted molar refractivity (Wildman–Crippen MR) is 78.2 cm³/mol. The van der Waals surface area contributed by atoms with Gasteiger partial charge in [-0.3, -0.25) is 0 Å². The lowest BCUT2D eigenvalue weighted by Crippen LogP contribution is -2.00. The molecule has 1 aromatic heterocycles. The molecule has 0 saturated carbocycles. The van der Waals surface area contributed by atoms with Gasteiger partial charge in [0.1, 0.15) is 23.8 Å². The van der Waals surface area contributed by atoms with Crippen LogP contribution >= 0.6 is 11.6 Å². The summed E-state index contributed by atoms with van der Waals surface area (Å²) in [6.45, 7) is -0.00587. The van der Waals surface area contributed by atoms with Crippen LogP contribution in [-0.4, -0.2) is 0 Å². The molecule has 0 fully saturated rings. The second-order valence-electron chi connectivity index (χ2n) is 4.44. The monoisotopic (exact) mass is 304 g/mol. The molecule has 2 aromatic carbocycles. The SMILES string of the molecule is O=c1ccc2ccc(OCc3c(F)cccc3Cl)cc2o1. The maximum absolute atomic E-state index is 13.6. The summed E-state index contributed by atoms with van der Waals surface area (Å²) in [5.41, 5.74) is 0.269. The highest BCUT2D eigenvalue weighted by Gasteiger charge is 2.08. The van der Waals surface area contributed by atoms with Gasteiger partial charge in [0.25, 0.3) is 0 Å². The van der Waals surface area contributed by atoms with Crippen LogP contribution in [0.5, 0.6) is 5.75 Å². The second kappa shape index (κ2) is 5.58. The van der Waals surface area contributed by atoms with E-state index < -0.39 is 11.4 Å². The van der Waals surface area contributed by atoms with Gasteiger partial charge in [-0.05, 0) is 30.3 Å². The molecule has 0 unspecified atom stereocenters. The number of rotatable bonds is 3. The summed E-state index contributed by atoms with van der Waals surface area (Å²) in [6, 6.07) is 12.5. The average molecular weight is 305 g/mol. The second-order valence-corrected chi connectivity index (χ2v) is 4.85. The van der Waals surface area contributed by atoms with Gasteiger partial charge in [0.2, 0.25) is 0 Å². The topological polar surface area (TPSA) is 39.4 Å². The van der Waals surface area contributed by atoms with Gasteiger partial charge >= 0.3 is 5.63 Å². The van der Waals surface area contributed by atoms with Crippen molar-refractivity contribution >= 4 is 22.6 Å². The molecule has 0 N–H and O–H groups in total. The molecular weight excluding hydrogens is 295 g/mol. The molecule has 0 aliphatic rings. The highest BCUT2D eigenvalue weighted by Crippen LogP contribution is 2.23.